The van der Waals surface area contributed by atoms with E-state index in [1.807, 2.05) is 24.3 Å². The quantitative estimate of drug-likeness (QED) is 0.762. The molecule has 3 aromatic rings. The number of methoxy groups -OCH3 is 1. The van der Waals surface area contributed by atoms with Gasteiger partial charge in [0.25, 0.3) is 0 Å². The first kappa shape index (κ1) is 15.3. The highest BCUT2D eigenvalue weighted by Crippen LogP contribution is 2.42. The van der Waals surface area contributed by atoms with E-state index in [1.165, 1.54) is 6.33 Å². The fraction of sp³-hybridized carbons (Fsp3) is 0.235. The zero-order valence-electron chi connectivity index (χ0n) is 13.5. The average Bonchev–Trinajstić information content (AvgIpc) is 3.39. The molecule has 4 rings (SSSR count). The van der Waals surface area contributed by atoms with Crippen LogP contribution in [0.15, 0.2) is 36.8 Å². The first-order valence-corrected chi connectivity index (χ1v) is 7.82. The van der Waals surface area contributed by atoms with Crippen molar-refractivity contribution >= 4 is 5.97 Å². The van der Waals surface area contributed by atoms with Crippen molar-refractivity contribution in [3.63, 3.8) is 0 Å². The van der Waals surface area contributed by atoms with Gasteiger partial charge < -0.3 is 9.84 Å². The molecule has 0 radical (unpaired) electrons. The van der Waals surface area contributed by atoms with Crippen molar-refractivity contribution in [2.45, 2.75) is 18.8 Å². The standard InChI is InChI=1S/C17H15N5O3/c1-25-16-13(8-18-9-19-16)10-4-6-12(7-5-10)22-15(11-2-3-11)14(17(23)24)20-21-22/h4-9,11H,2-3H2,1H3,(H,23,24). The van der Waals surface area contributed by atoms with Crippen molar-refractivity contribution in [2.24, 2.45) is 0 Å². The molecule has 1 aliphatic rings. The molecule has 0 bridgehead atoms. The number of carbonyl (C=O) groups is 1. The average molecular weight is 337 g/mol. The number of benzene rings is 1. The van der Waals surface area contributed by atoms with Gasteiger partial charge >= 0.3 is 5.97 Å². The minimum atomic E-state index is -1.05. The molecule has 126 valence electrons. The predicted molar refractivity (Wildman–Crippen MR) is 87.9 cm³/mol. The highest BCUT2D eigenvalue weighted by molar-refractivity contribution is 5.87. The topological polar surface area (TPSA) is 103 Å². The number of carboxylic acids is 1. The summed E-state index contributed by atoms with van der Waals surface area (Å²) >= 11 is 0. The molecule has 2 heterocycles. The smallest absolute Gasteiger partial charge is 0.358 e. The summed E-state index contributed by atoms with van der Waals surface area (Å²) in [4.78, 5) is 19.5. The van der Waals surface area contributed by atoms with Crippen molar-refractivity contribution < 1.29 is 14.6 Å². The molecule has 0 atom stereocenters. The molecule has 8 nitrogen and oxygen atoms in total. The summed E-state index contributed by atoms with van der Waals surface area (Å²) in [6.45, 7) is 0. The molecular weight excluding hydrogens is 322 g/mol. The lowest BCUT2D eigenvalue weighted by Gasteiger charge is -2.09. The number of nitrogens with zero attached hydrogens (tertiary/aromatic N) is 5. The van der Waals surface area contributed by atoms with E-state index in [1.54, 1.807) is 18.0 Å². The summed E-state index contributed by atoms with van der Waals surface area (Å²) in [5, 5.41) is 17.2. The SMILES string of the molecule is COc1ncncc1-c1ccc(-n2nnc(C(=O)O)c2C2CC2)cc1. The fourth-order valence-corrected chi connectivity index (χ4v) is 2.82. The molecule has 0 unspecified atom stereocenters. The van der Waals surface area contributed by atoms with Gasteiger partial charge in [0, 0.05) is 12.1 Å². The van der Waals surface area contributed by atoms with Gasteiger partial charge in [0.2, 0.25) is 5.88 Å². The Labute approximate surface area is 143 Å². The van der Waals surface area contributed by atoms with Gasteiger partial charge in [-0.1, -0.05) is 17.3 Å². The van der Waals surface area contributed by atoms with Crippen LogP contribution in [0.25, 0.3) is 16.8 Å². The van der Waals surface area contributed by atoms with Gasteiger partial charge in [0.15, 0.2) is 5.69 Å². The Kier molecular flexibility index (Phi) is 3.64. The van der Waals surface area contributed by atoms with Crippen molar-refractivity contribution in [1.82, 2.24) is 25.0 Å². The van der Waals surface area contributed by atoms with E-state index in [-0.39, 0.29) is 11.6 Å². The Hall–Kier alpha value is -3.29. The van der Waals surface area contributed by atoms with E-state index in [2.05, 4.69) is 20.3 Å². The number of aromatic carboxylic acids is 1. The minimum Gasteiger partial charge on any atom is -0.480 e. The number of hydrogen-bond acceptors (Lipinski definition) is 6. The maximum atomic E-state index is 11.4. The van der Waals surface area contributed by atoms with E-state index in [0.717, 1.165) is 29.7 Å². The summed E-state index contributed by atoms with van der Waals surface area (Å²) in [7, 11) is 1.56. The summed E-state index contributed by atoms with van der Waals surface area (Å²) in [5.41, 5.74) is 3.14. The van der Waals surface area contributed by atoms with E-state index >= 15 is 0 Å². The number of carboxylic acid groups (broad SMARTS) is 1. The maximum absolute atomic E-state index is 11.4. The molecule has 1 saturated carbocycles. The number of rotatable bonds is 5. The van der Waals surface area contributed by atoms with Crippen molar-refractivity contribution in [2.75, 3.05) is 7.11 Å². The number of ether oxygens (including phenoxy) is 1. The molecule has 2 aromatic heterocycles. The number of aromatic nitrogens is 5. The molecule has 0 aliphatic heterocycles. The first-order chi connectivity index (χ1) is 12.2. The molecule has 0 amide bonds. The fourth-order valence-electron chi connectivity index (χ4n) is 2.82. The molecule has 0 spiro atoms. The maximum Gasteiger partial charge on any atom is 0.358 e. The van der Waals surface area contributed by atoms with Crippen LogP contribution < -0.4 is 4.74 Å². The Balaban J connectivity index is 1.73. The lowest BCUT2D eigenvalue weighted by Crippen LogP contribution is -2.05. The normalized spacial score (nSPS) is 13.6. The third-order valence-corrected chi connectivity index (χ3v) is 4.16. The van der Waals surface area contributed by atoms with Gasteiger partial charge in [-0.2, -0.15) is 0 Å². The van der Waals surface area contributed by atoms with Gasteiger partial charge in [0.05, 0.1) is 24.1 Å². The van der Waals surface area contributed by atoms with Gasteiger partial charge in [0.1, 0.15) is 6.33 Å². The van der Waals surface area contributed by atoms with Crippen LogP contribution >= 0.6 is 0 Å². The van der Waals surface area contributed by atoms with Crippen LogP contribution in [0.5, 0.6) is 5.88 Å². The van der Waals surface area contributed by atoms with Crippen LogP contribution in [0.4, 0.5) is 0 Å². The molecule has 1 N–H and O–H groups in total. The van der Waals surface area contributed by atoms with Crippen LogP contribution in [-0.2, 0) is 0 Å². The predicted octanol–water partition coefficient (Wildman–Crippen LogP) is 2.31. The van der Waals surface area contributed by atoms with Crippen LogP contribution in [0.2, 0.25) is 0 Å². The van der Waals surface area contributed by atoms with Gasteiger partial charge in [-0.3, -0.25) is 0 Å². The van der Waals surface area contributed by atoms with E-state index in [9.17, 15) is 9.90 Å². The summed E-state index contributed by atoms with van der Waals surface area (Å²) < 4.78 is 6.87. The zero-order valence-corrected chi connectivity index (χ0v) is 13.5. The Morgan fingerprint density at radius 3 is 2.68 bits per heavy atom. The lowest BCUT2D eigenvalue weighted by atomic mass is 10.1. The molecule has 1 aliphatic carbocycles. The van der Waals surface area contributed by atoms with Crippen LogP contribution in [0.1, 0.15) is 34.9 Å². The number of hydrogen-bond donors (Lipinski definition) is 1. The van der Waals surface area contributed by atoms with Gasteiger partial charge in [-0.15, -0.1) is 5.10 Å². The molecule has 25 heavy (non-hydrogen) atoms. The Morgan fingerprint density at radius 1 is 1.28 bits per heavy atom. The molecule has 1 aromatic carbocycles. The lowest BCUT2D eigenvalue weighted by molar-refractivity contribution is 0.0689. The molecule has 8 heteroatoms. The van der Waals surface area contributed by atoms with E-state index < -0.39 is 5.97 Å². The highest BCUT2D eigenvalue weighted by Gasteiger charge is 2.34. The Bertz CT molecular complexity index is 932. The third-order valence-electron chi connectivity index (χ3n) is 4.16. The first-order valence-electron chi connectivity index (χ1n) is 7.82. The van der Waals surface area contributed by atoms with Crippen LogP contribution in [0, 0.1) is 0 Å². The minimum absolute atomic E-state index is 0.0321. The summed E-state index contributed by atoms with van der Waals surface area (Å²) in [6.07, 6.45) is 5.05. The van der Waals surface area contributed by atoms with Gasteiger partial charge in [-0.05, 0) is 30.5 Å². The van der Waals surface area contributed by atoms with Crippen molar-refractivity contribution in [3.05, 3.63) is 48.2 Å². The second kappa shape index (κ2) is 5.97. The monoisotopic (exact) mass is 337 g/mol. The molecular formula is C17H15N5O3. The van der Waals surface area contributed by atoms with Crippen molar-refractivity contribution in [3.8, 4) is 22.7 Å². The molecule has 0 saturated heterocycles. The second-order valence-corrected chi connectivity index (χ2v) is 5.81. The second-order valence-electron chi connectivity index (χ2n) is 5.81. The van der Waals surface area contributed by atoms with Crippen LogP contribution in [-0.4, -0.2) is 43.1 Å². The summed E-state index contributed by atoms with van der Waals surface area (Å²) in [6, 6.07) is 7.53. The van der Waals surface area contributed by atoms with E-state index in [0.29, 0.717) is 11.6 Å². The Morgan fingerprint density at radius 2 is 2.04 bits per heavy atom. The largest absolute Gasteiger partial charge is 0.480 e. The third kappa shape index (κ3) is 2.71. The molecule has 1 fully saturated rings. The highest BCUT2D eigenvalue weighted by atomic mass is 16.5. The van der Waals surface area contributed by atoms with E-state index in [4.69, 9.17) is 4.74 Å². The van der Waals surface area contributed by atoms with Crippen molar-refractivity contribution in [1.29, 1.82) is 0 Å². The summed E-state index contributed by atoms with van der Waals surface area (Å²) in [5.74, 6) is -0.338. The van der Waals surface area contributed by atoms with Gasteiger partial charge in [-0.25, -0.2) is 19.4 Å². The zero-order chi connectivity index (χ0) is 17.4. The van der Waals surface area contributed by atoms with Crippen LogP contribution in [0.3, 0.4) is 0 Å².